The van der Waals surface area contributed by atoms with Crippen molar-refractivity contribution in [1.82, 2.24) is 15.0 Å². The average Bonchev–Trinajstić information content (AvgIpc) is 3.44. The highest BCUT2D eigenvalue weighted by molar-refractivity contribution is 5.91. The monoisotopic (exact) mass is 394 g/mol. The fraction of sp³-hybridized carbons (Fsp3) is 0.286. The van der Waals surface area contributed by atoms with Crippen LogP contribution in [0.2, 0.25) is 0 Å². The molecular formula is C21H22N4O4. The van der Waals surface area contributed by atoms with Crippen LogP contribution in [0.15, 0.2) is 53.1 Å². The summed E-state index contributed by atoms with van der Waals surface area (Å²) in [6, 6.07) is 14.2. The van der Waals surface area contributed by atoms with E-state index in [9.17, 15) is 4.79 Å². The zero-order valence-corrected chi connectivity index (χ0v) is 16.3. The van der Waals surface area contributed by atoms with E-state index in [0.29, 0.717) is 29.7 Å². The van der Waals surface area contributed by atoms with Crippen LogP contribution in [0.5, 0.6) is 11.5 Å². The lowest BCUT2D eigenvalue weighted by Crippen LogP contribution is -2.34. The number of ether oxygens (including phenoxy) is 2. The van der Waals surface area contributed by atoms with Gasteiger partial charge in [0, 0.05) is 12.1 Å². The molecule has 1 unspecified atom stereocenters. The second-order valence-corrected chi connectivity index (χ2v) is 6.67. The number of hydrogen-bond acceptors (Lipinski definition) is 6. The molecule has 1 aliphatic heterocycles. The van der Waals surface area contributed by atoms with Crippen molar-refractivity contribution in [3.05, 3.63) is 54.4 Å². The summed E-state index contributed by atoms with van der Waals surface area (Å²) in [5, 5.41) is 7.00. The molecule has 0 aliphatic carbocycles. The third-order valence-electron chi connectivity index (χ3n) is 4.94. The van der Waals surface area contributed by atoms with Gasteiger partial charge in [0.05, 0.1) is 19.9 Å². The molecule has 1 aliphatic rings. The van der Waals surface area contributed by atoms with Gasteiger partial charge in [-0.1, -0.05) is 17.3 Å². The molecule has 4 rings (SSSR count). The summed E-state index contributed by atoms with van der Waals surface area (Å²) in [5.74, 6) is 2.28. The van der Waals surface area contributed by atoms with Gasteiger partial charge in [-0.05, 0) is 49.2 Å². The van der Waals surface area contributed by atoms with Crippen LogP contribution in [0, 0.1) is 0 Å². The molecule has 2 amide bonds. The van der Waals surface area contributed by atoms with Crippen LogP contribution in [0.3, 0.4) is 0 Å². The lowest BCUT2D eigenvalue weighted by Gasteiger charge is -2.22. The predicted molar refractivity (Wildman–Crippen MR) is 107 cm³/mol. The maximum atomic E-state index is 12.9. The van der Waals surface area contributed by atoms with Gasteiger partial charge >= 0.3 is 6.03 Å². The molecule has 0 spiro atoms. The Morgan fingerprint density at radius 3 is 2.69 bits per heavy atom. The second kappa shape index (κ2) is 8.22. The van der Waals surface area contributed by atoms with Gasteiger partial charge in [0.2, 0.25) is 11.7 Å². The Labute approximate surface area is 168 Å². The number of nitrogens with one attached hydrogen (secondary N) is 1. The standard InChI is InChI=1S/C21H22N4O4/c1-27-15-11-9-14(10-12-15)19-23-20(29-24-19)17-7-5-13-25(17)21(26)22-16-6-3-4-8-18(16)28-2/h3-4,6,8-12,17H,5,7,13H2,1-2H3,(H,22,26). The number of aromatic nitrogens is 2. The summed E-state index contributed by atoms with van der Waals surface area (Å²) in [7, 11) is 3.19. The molecule has 2 aromatic carbocycles. The normalized spacial score (nSPS) is 15.9. The lowest BCUT2D eigenvalue weighted by molar-refractivity contribution is 0.193. The number of para-hydroxylation sites is 2. The molecule has 1 fully saturated rings. The number of carbonyl (C=O) groups is 1. The van der Waals surface area contributed by atoms with E-state index in [1.807, 2.05) is 36.4 Å². The number of urea groups is 1. The molecule has 8 nitrogen and oxygen atoms in total. The maximum absolute atomic E-state index is 12.9. The number of likely N-dealkylation sites (tertiary alicyclic amines) is 1. The van der Waals surface area contributed by atoms with Crippen LogP contribution in [0.25, 0.3) is 11.4 Å². The number of nitrogens with zero attached hydrogens (tertiary/aromatic N) is 3. The van der Waals surface area contributed by atoms with Crippen LogP contribution in [-0.2, 0) is 0 Å². The SMILES string of the molecule is COc1ccc(-c2noc(C3CCCN3C(=O)Nc3ccccc3OC)n2)cc1. The number of amides is 2. The molecule has 2 heterocycles. The van der Waals surface area contributed by atoms with E-state index in [-0.39, 0.29) is 12.1 Å². The van der Waals surface area contributed by atoms with Crippen LogP contribution < -0.4 is 14.8 Å². The van der Waals surface area contributed by atoms with Gasteiger partial charge in [0.1, 0.15) is 17.5 Å². The maximum Gasteiger partial charge on any atom is 0.322 e. The first-order chi connectivity index (χ1) is 14.2. The Bertz CT molecular complexity index is 986. The van der Waals surface area contributed by atoms with Crippen molar-refractivity contribution in [2.45, 2.75) is 18.9 Å². The Hall–Kier alpha value is -3.55. The van der Waals surface area contributed by atoms with E-state index in [1.54, 1.807) is 31.3 Å². The van der Waals surface area contributed by atoms with Crippen LogP contribution in [0.1, 0.15) is 24.8 Å². The Kier molecular flexibility index (Phi) is 5.33. The third kappa shape index (κ3) is 3.87. The Morgan fingerprint density at radius 2 is 1.93 bits per heavy atom. The zero-order valence-electron chi connectivity index (χ0n) is 16.3. The summed E-state index contributed by atoms with van der Waals surface area (Å²) in [4.78, 5) is 19.1. The Balaban J connectivity index is 1.51. The number of rotatable bonds is 5. The van der Waals surface area contributed by atoms with E-state index in [4.69, 9.17) is 14.0 Å². The molecule has 1 aromatic heterocycles. The number of methoxy groups -OCH3 is 2. The van der Waals surface area contributed by atoms with Crippen molar-refractivity contribution in [3.63, 3.8) is 0 Å². The number of hydrogen-bond donors (Lipinski definition) is 1. The summed E-state index contributed by atoms with van der Waals surface area (Å²) >= 11 is 0. The minimum atomic E-state index is -0.260. The van der Waals surface area contributed by atoms with Crippen molar-refractivity contribution in [2.24, 2.45) is 0 Å². The van der Waals surface area contributed by atoms with Crippen molar-refractivity contribution >= 4 is 11.7 Å². The van der Waals surface area contributed by atoms with Gasteiger partial charge in [-0.3, -0.25) is 0 Å². The van der Waals surface area contributed by atoms with Crippen molar-refractivity contribution in [3.8, 4) is 22.9 Å². The molecule has 29 heavy (non-hydrogen) atoms. The highest BCUT2D eigenvalue weighted by Crippen LogP contribution is 2.33. The topological polar surface area (TPSA) is 89.7 Å². The zero-order chi connectivity index (χ0) is 20.2. The van der Waals surface area contributed by atoms with Crippen LogP contribution in [0.4, 0.5) is 10.5 Å². The minimum Gasteiger partial charge on any atom is -0.497 e. The molecule has 0 saturated carbocycles. The van der Waals surface area contributed by atoms with E-state index in [2.05, 4.69) is 15.5 Å². The molecule has 150 valence electrons. The summed E-state index contributed by atoms with van der Waals surface area (Å²) < 4.78 is 16.0. The number of benzene rings is 2. The number of carbonyl (C=O) groups excluding carboxylic acids is 1. The van der Waals surface area contributed by atoms with E-state index < -0.39 is 0 Å². The van der Waals surface area contributed by atoms with Gasteiger partial charge in [-0.2, -0.15) is 4.98 Å². The first-order valence-corrected chi connectivity index (χ1v) is 9.38. The average molecular weight is 394 g/mol. The minimum absolute atomic E-state index is 0.221. The molecule has 1 saturated heterocycles. The summed E-state index contributed by atoms with van der Waals surface area (Å²) in [6.45, 7) is 0.617. The van der Waals surface area contributed by atoms with Crippen LogP contribution in [-0.4, -0.2) is 41.8 Å². The van der Waals surface area contributed by atoms with E-state index in [1.165, 1.54) is 0 Å². The quantitative estimate of drug-likeness (QED) is 0.700. The highest BCUT2D eigenvalue weighted by Gasteiger charge is 2.34. The molecule has 0 bridgehead atoms. The first-order valence-electron chi connectivity index (χ1n) is 9.38. The van der Waals surface area contributed by atoms with Gasteiger partial charge in [-0.15, -0.1) is 0 Å². The third-order valence-corrected chi connectivity index (χ3v) is 4.94. The second-order valence-electron chi connectivity index (χ2n) is 6.67. The number of anilines is 1. The van der Waals surface area contributed by atoms with Gasteiger partial charge in [-0.25, -0.2) is 4.79 Å². The van der Waals surface area contributed by atoms with Crippen molar-refractivity contribution in [2.75, 3.05) is 26.1 Å². The van der Waals surface area contributed by atoms with Crippen molar-refractivity contribution < 1.29 is 18.8 Å². The molecule has 3 aromatic rings. The van der Waals surface area contributed by atoms with E-state index >= 15 is 0 Å². The summed E-state index contributed by atoms with van der Waals surface area (Å²) in [6.07, 6.45) is 1.63. The predicted octanol–water partition coefficient (Wildman–Crippen LogP) is 4.12. The molecular weight excluding hydrogens is 372 g/mol. The fourth-order valence-corrected chi connectivity index (χ4v) is 3.43. The van der Waals surface area contributed by atoms with E-state index in [0.717, 1.165) is 24.2 Å². The lowest BCUT2D eigenvalue weighted by atomic mass is 10.2. The fourth-order valence-electron chi connectivity index (χ4n) is 3.43. The highest BCUT2D eigenvalue weighted by atomic mass is 16.5. The molecule has 1 atom stereocenters. The first kappa shape index (κ1) is 18.8. The summed E-state index contributed by atoms with van der Waals surface area (Å²) in [5.41, 5.74) is 1.44. The van der Waals surface area contributed by atoms with Gasteiger partial charge in [0.15, 0.2) is 0 Å². The van der Waals surface area contributed by atoms with Gasteiger partial charge in [0.25, 0.3) is 0 Å². The smallest absolute Gasteiger partial charge is 0.322 e. The molecule has 1 N–H and O–H groups in total. The van der Waals surface area contributed by atoms with Gasteiger partial charge < -0.3 is 24.2 Å². The Morgan fingerprint density at radius 1 is 1.14 bits per heavy atom. The largest absolute Gasteiger partial charge is 0.497 e. The molecule has 0 radical (unpaired) electrons. The molecule has 8 heteroatoms. The van der Waals surface area contributed by atoms with Crippen LogP contribution >= 0.6 is 0 Å². The van der Waals surface area contributed by atoms with Crippen molar-refractivity contribution in [1.29, 1.82) is 0 Å².